The van der Waals surface area contributed by atoms with Crippen LogP contribution in [0.4, 0.5) is 0 Å². The van der Waals surface area contributed by atoms with E-state index in [0.29, 0.717) is 22.8 Å². The Hall–Kier alpha value is -2.54. The molecular formula is C26H34N2O4S. The molecule has 2 aliphatic heterocycles. The van der Waals surface area contributed by atoms with Gasteiger partial charge in [0.15, 0.2) is 15.7 Å². The average molecular weight is 471 g/mol. The number of nitrogens with zero attached hydrogens (tertiary/aromatic N) is 2. The van der Waals surface area contributed by atoms with E-state index in [0.717, 1.165) is 34.6 Å². The van der Waals surface area contributed by atoms with Gasteiger partial charge in [-0.15, -0.1) is 0 Å². The molecule has 0 bridgehead atoms. The van der Waals surface area contributed by atoms with E-state index in [1.165, 1.54) is 25.7 Å². The van der Waals surface area contributed by atoms with E-state index >= 15 is 0 Å². The molecular weight excluding hydrogens is 436 g/mol. The van der Waals surface area contributed by atoms with Crippen molar-refractivity contribution < 1.29 is 18.4 Å². The summed E-state index contributed by atoms with van der Waals surface area (Å²) >= 11 is 0. The molecule has 7 heteroatoms. The zero-order valence-corrected chi connectivity index (χ0v) is 20.7. The van der Waals surface area contributed by atoms with Crippen molar-refractivity contribution in [3.63, 3.8) is 0 Å². The van der Waals surface area contributed by atoms with Crippen molar-refractivity contribution in [1.82, 2.24) is 9.71 Å². The van der Waals surface area contributed by atoms with Gasteiger partial charge in [0.25, 0.3) is 0 Å². The average Bonchev–Trinajstić information content (AvgIpc) is 3.28. The number of hydrogen-bond acceptors (Lipinski definition) is 5. The Morgan fingerprint density at radius 1 is 1.09 bits per heavy atom. The topological polar surface area (TPSA) is 81.4 Å². The van der Waals surface area contributed by atoms with Crippen molar-refractivity contribution in [2.45, 2.75) is 82.5 Å². The van der Waals surface area contributed by atoms with Gasteiger partial charge in [0.2, 0.25) is 0 Å². The first kappa shape index (κ1) is 23.6. The minimum atomic E-state index is -3.45. The smallest absolute Gasteiger partial charge is 0.180 e. The van der Waals surface area contributed by atoms with Crippen molar-refractivity contribution in [2.24, 2.45) is 5.92 Å². The Labute approximate surface area is 196 Å². The summed E-state index contributed by atoms with van der Waals surface area (Å²) in [5.41, 5.74) is 2.88. The molecule has 1 fully saturated rings. The molecule has 6 nitrogen and oxygen atoms in total. The second-order valence-electron chi connectivity index (χ2n) is 9.49. The van der Waals surface area contributed by atoms with Crippen LogP contribution < -0.4 is 4.74 Å². The molecule has 0 radical (unpaired) electrons. The Morgan fingerprint density at radius 3 is 2.48 bits per heavy atom. The number of pyridine rings is 1. The Balaban J connectivity index is 1.77. The summed E-state index contributed by atoms with van der Waals surface area (Å²) in [6.45, 7) is 7.41. The number of aromatic nitrogens is 2. The van der Waals surface area contributed by atoms with Gasteiger partial charge in [0.1, 0.15) is 5.75 Å². The molecule has 1 aliphatic carbocycles. The standard InChI is InChI=1S/C26H34N2O4S/c1-5-6-19-7-9-20(10-8-19)32-25-12-11-21(33(30,31)17(2)3)16-24(25)23-15-18(4)28(29)26-22(23)13-14-27-26/h11-17,19-20,29H,5-10H2,1-4H3. The first-order valence-corrected chi connectivity index (χ1v) is 13.5. The predicted molar refractivity (Wildman–Crippen MR) is 130 cm³/mol. The Kier molecular flexibility index (Phi) is 6.71. The van der Waals surface area contributed by atoms with Crippen molar-refractivity contribution >= 4 is 9.84 Å². The van der Waals surface area contributed by atoms with Crippen LogP contribution in [0, 0.1) is 12.8 Å². The highest BCUT2D eigenvalue weighted by Gasteiger charge is 2.27. The number of ether oxygens (including phenoxy) is 1. The van der Waals surface area contributed by atoms with E-state index in [-0.39, 0.29) is 11.0 Å². The predicted octanol–water partition coefficient (Wildman–Crippen LogP) is 6.12. The van der Waals surface area contributed by atoms with Crippen molar-refractivity contribution in [2.75, 3.05) is 0 Å². The molecule has 1 N–H and O–H groups in total. The number of fused-ring (bicyclic) bond motifs is 1. The highest BCUT2D eigenvalue weighted by molar-refractivity contribution is 7.92. The summed E-state index contributed by atoms with van der Waals surface area (Å²) in [4.78, 5) is 4.57. The number of rotatable bonds is 7. The van der Waals surface area contributed by atoms with Crippen LogP contribution in [0.1, 0.15) is 65.0 Å². The van der Waals surface area contributed by atoms with E-state index in [1.54, 1.807) is 45.2 Å². The maximum absolute atomic E-state index is 13.0. The molecule has 4 rings (SSSR count). The minimum Gasteiger partial charge on any atom is -0.490 e. The molecule has 0 unspecified atom stereocenters. The van der Waals surface area contributed by atoms with E-state index in [2.05, 4.69) is 11.9 Å². The fourth-order valence-corrected chi connectivity index (χ4v) is 5.93. The van der Waals surface area contributed by atoms with Crippen molar-refractivity contribution in [3.05, 3.63) is 42.2 Å². The van der Waals surface area contributed by atoms with Crippen LogP contribution in [0.2, 0.25) is 0 Å². The van der Waals surface area contributed by atoms with Crippen LogP contribution >= 0.6 is 0 Å². The zero-order chi connectivity index (χ0) is 23.8. The number of aryl methyl sites for hydroxylation is 1. The largest absolute Gasteiger partial charge is 0.490 e. The second-order valence-corrected chi connectivity index (χ2v) is 12.0. The lowest BCUT2D eigenvalue weighted by molar-refractivity contribution is 0.129. The van der Waals surface area contributed by atoms with Crippen LogP contribution in [0.15, 0.2) is 41.4 Å². The molecule has 178 valence electrons. The van der Waals surface area contributed by atoms with Gasteiger partial charge in [-0.1, -0.05) is 19.8 Å². The summed E-state index contributed by atoms with van der Waals surface area (Å²) in [5.74, 6) is 1.89. The number of benzene rings is 1. The first-order chi connectivity index (χ1) is 15.7. The van der Waals surface area contributed by atoms with Gasteiger partial charge in [0.05, 0.1) is 21.9 Å². The lowest BCUT2D eigenvalue weighted by Crippen LogP contribution is -2.24. The molecule has 1 aromatic carbocycles. The fraction of sp³-hybridized carbons (Fsp3) is 0.500. The van der Waals surface area contributed by atoms with Crippen LogP contribution in [0.25, 0.3) is 22.5 Å². The summed E-state index contributed by atoms with van der Waals surface area (Å²) in [6, 6.07) is 8.85. The van der Waals surface area contributed by atoms with Crippen LogP contribution in [-0.2, 0) is 9.84 Å². The molecule has 0 amide bonds. The first-order valence-electron chi connectivity index (χ1n) is 11.9. The lowest BCUT2D eigenvalue weighted by Gasteiger charge is -2.30. The molecule has 1 aromatic rings. The van der Waals surface area contributed by atoms with Crippen LogP contribution in [0.3, 0.4) is 0 Å². The van der Waals surface area contributed by atoms with Gasteiger partial charge in [-0.2, -0.15) is 4.73 Å². The summed E-state index contributed by atoms with van der Waals surface area (Å²) in [6.07, 6.45) is 8.59. The SMILES string of the molecule is CCCC1CCC(Oc2ccc(S(=O)(=O)C(C)C)cc2-c2cc(C)n(O)c3nccc2-3)CC1. The molecule has 0 atom stereocenters. The lowest BCUT2D eigenvalue weighted by atomic mass is 9.84. The Bertz CT molecular complexity index is 1190. The monoisotopic (exact) mass is 470 g/mol. The molecule has 3 aliphatic rings. The van der Waals surface area contributed by atoms with Gasteiger partial charge in [-0.25, -0.2) is 13.4 Å². The summed E-state index contributed by atoms with van der Waals surface area (Å²) in [7, 11) is -3.45. The van der Waals surface area contributed by atoms with E-state index < -0.39 is 15.1 Å². The van der Waals surface area contributed by atoms with Crippen molar-refractivity contribution in [3.8, 4) is 28.3 Å². The van der Waals surface area contributed by atoms with E-state index in [9.17, 15) is 13.6 Å². The molecule has 33 heavy (non-hydrogen) atoms. The number of sulfone groups is 1. The maximum Gasteiger partial charge on any atom is 0.180 e. The Morgan fingerprint density at radius 2 is 1.82 bits per heavy atom. The summed E-state index contributed by atoms with van der Waals surface area (Å²) < 4.78 is 33.5. The van der Waals surface area contributed by atoms with Crippen LogP contribution in [0.5, 0.6) is 5.75 Å². The van der Waals surface area contributed by atoms with Gasteiger partial charge in [-0.05, 0) is 88.3 Å². The van der Waals surface area contributed by atoms with Gasteiger partial charge in [-0.3, -0.25) is 0 Å². The highest BCUT2D eigenvalue weighted by Crippen LogP contribution is 2.41. The normalized spacial score (nSPS) is 19.3. The highest BCUT2D eigenvalue weighted by atomic mass is 32.2. The quantitative estimate of drug-likeness (QED) is 0.421. The van der Waals surface area contributed by atoms with Gasteiger partial charge >= 0.3 is 0 Å². The van der Waals surface area contributed by atoms with E-state index in [4.69, 9.17) is 4.74 Å². The van der Waals surface area contributed by atoms with E-state index in [1.807, 2.05) is 12.1 Å². The zero-order valence-electron chi connectivity index (χ0n) is 19.9. The summed E-state index contributed by atoms with van der Waals surface area (Å²) in [5, 5.41) is 9.88. The molecule has 0 spiro atoms. The molecule has 1 saturated carbocycles. The van der Waals surface area contributed by atoms with Gasteiger partial charge in [0, 0.05) is 17.3 Å². The molecule has 0 saturated heterocycles. The third-order valence-electron chi connectivity index (χ3n) is 6.83. The van der Waals surface area contributed by atoms with Crippen molar-refractivity contribution in [1.29, 1.82) is 0 Å². The maximum atomic E-state index is 13.0. The fourth-order valence-electron chi connectivity index (χ4n) is 4.84. The second kappa shape index (κ2) is 9.37. The third kappa shape index (κ3) is 4.60. The minimum absolute atomic E-state index is 0.116. The molecule has 0 aromatic heterocycles. The molecule has 2 heterocycles. The van der Waals surface area contributed by atoms with Crippen LogP contribution in [-0.4, -0.2) is 34.7 Å². The van der Waals surface area contributed by atoms with Gasteiger partial charge < -0.3 is 9.94 Å². The number of hydrogen-bond donors (Lipinski definition) is 1. The third-order valence-corrected chi connectivity index (χ3v) is 8.98.